The molecule has 1 heterocycles. The van der Waals surface area contributed by atoms with Crippen LogP contribution in [-0.2, 0) is 14.6 Å². The van der Waals surface area contributed by atoms with Gasteiger partial charge in [-0.3, -0.25) is 4.79 Å². The summed E-state index contributed by atoms with van der Waals surface area (Å²) in [5, 5.41) is 11.7. The number of rotatable bonds is 7. The van der Waals surface area contributed by atoms with Gasteiger partial charge in [-0.1, -0.05) is 37.8 Å². The lowest BCUT2D eigenvalue weighted by atomic mass is 9.87. The fourth-order valence-electron chi connectivity index (χ4n) is 3.73. The molecule has 154 valence electrons. The number of sulfone groups is 1. The molecule has 29 heavy (non-hydrogen) atoms. The average Bonchev–Trinajstić information content (AvgIpc) is 3.19. The van der Waals surface area contributed by atoms with Crippen molar-refractivity contribution in [3.05, 3.63) is 53.7 Å². The predicted molar refractivity (Wildman–Crippen MR) is 109 cm³/mol. The lowest BCUT2D eigenvalue weighted by molar-refractivity contribution is -0.118. The van der Waals surface area contributed by atoms with E-state index in [1.54, 1.807) is 12.1 Å². The zero-order valence-electron chi connectivity index (χ0n) is 16.2. The van der Waals surface area contributed by atoms with Crippen LogP contribution in [0.25, 0.3) is 0 Å². The monoisotopic (exact) mass is 416 g/mol. The van der Waals surface area contributed by atoms with Gasteiger partial charge in [-0.25, -0.2) is 18.2 Å². The molecular formula is C21H24N2O5S. The van der Waals surface area contributed by atoms with E-state index in [-0.39, 0.29) is 22.2 Å². The topological polar surface area (TPSA) is 113 Å². The van der Waals surface area contributed by atoms with E-state index in [1.807, 2.05) is 0 Å². The zero-order chi connectivity index (χ0) is 21.0. The molecule has 1 aliphatic carbocycles. The van der Waals surface area contributed by atoms with Crippen LogP contribution < -0.4 is 5.32 Å². The van der Waals surface area contributed by atoms with Gasteiger partial charge in [-0.2, -0.15) is 0 Å². The smallest absolute Gasteiger partial charge is 0.337 e. The molecular weight excluding hydrogens is 392 g/mol. The molecule has 1 aromatic heterocycles. The molecule has 1 unspecified atom stereocenters. The predicted octanol–water partition coefficient (Wildman–Crippen LogP) is 3.49. The largest absolute Gasteiger partial charge is 0.478 e. The second kappa shape index (κ2) is 8.73. The molecule has 8 heteroatoms. The Bertz CT molecular complexity index is 979. The fourth-order valence-corrected chi connectivity index (χ4v) is 4.36. The van der Waals surface area contributed by atoms with Crippen molar-refractivity contribution in [2.45, 2.75) is 42.9 Å². The Balaban J connectivity index is 1.82. The van der Waals surface area contributed by atoms with Crippen LogP contribution in [-0.4, -0.2) is 36.6 Å². The highest BCUT2D eigenvalue weighted by Gasteiger charge is 2.27. The molecule has 1 fully saturated rings. The van der Waals surface area contributed by atoms with E-state index >= 15 is 0 Å². The van der Waals surface area contributed by atoms with Crippen LogP contribution >= 0.6 is 0 Å². The molecule has 0 radical (unpaired) electrons. The van der Waals surface area contributed by atoms with Crippen molar-refractivity contribution < 1.29 is 23.1 Å². The van der Waals surface area contributed by atoms with Crippen molar-refractivity contribution >= 4 is 27.5 Å². The molecule has 0 bridgehead atoms. The summed E-state index contributed by atoms with van der Waals surface area (Å²) in [7, 11) is -3.31. The van der Waals surface area contributed by atoms with Gasteiger partial charge in [0.25, 0.3) is 0 Å². The number of benzene rings is 1. The molecule has 1 amide bonds. The van der Waals surface area contributed by atoms with Crippen molar-refractivity contribution in [1.82, 2.24) is 4.98 Å². The first-order chi connectivity index (χ1) is 13.7. The highest BCUT2D eigenvalue weighted by atomic mass is 32.2. The summed E-state index contributed by atoms with van der Waals surface area (Å²) in [5.74, 6) is -1.03. The zero-order valence-corrected chi connectivity index (χ0v) is 17.0. The molecule has 0 saturated heterocycles. The second-order valence-electron chi connectivity index (χ2n) is 7.51. The lowest BCUT2D eigenvalue weighted by Crippen LogP contribution is -2.23. The standard InChI is InChI=1S/C21H24N2O5S/c1-29(27,28)17-9-6-15(7-10-17)18(12-14-4-2-3-5-14)20(24)23-19-11-8-16(13-22-19)21(25)26/h6-11,13-14,18H,2-5,12H2,1H3,(H,25,26)(H,22,23,24). The Labute approximate surface area is 170 Å². The number of anilines is 1. The van der Waals surface area contributed by atoms with Gasteiger partial charge in [-0.15, -0.1) is 0 Å². The molecule has 1 aliphatic rings. The van der Waals surface area contributed by atoms with E-state index < -0.39 is 21.7 Å². The maximum atomic E-state index is 13.0. The Kier molecular flexibility index (Phi) is 6.32. The van der Waals surface area contributed by atoms with Crippen molar-refractivity contribution in [3.63, 3.8) is 0 Å². The lowest BCUT2D eigenvalue weighted by Gasteiger charge is -2.21. The molecule has 2 N–H and O–H groups in total. The molecule has 1 saturated carbocycles. The number of carboxylic acids is 1. The van der Waals surface area contributed by atoms with Gasteiger partial charge in [0.2, 0.25) is 5.91 Å². The van der Waals surface area contributed by atoms with Gasteiger partial charge in [0.15, 0.2) is 9.84 Å². The molecule has 0 aliphatic heterocycles. The highest BCUT2D eigenvalue weighted by molar-refractivity contribution is 7.90. The highest BCUT2D eigenvalue weighted by Crippen LogP contribution is 2.35. The molecule has 1 atom stereocenters. The van der Waals surface area contributed by atoms with E-state index in [9.17, 15) is 18.0 Å². The van der Waals surface area contributed by atoms with Gasteiger partial charge in [-0.05, 0) is 42.2 Å². The molecule has 3 rings (SSSR count). The number of aromatic nitrogens is 1. The number of nitrogens with zero attached hydrogens (tertiary/aromatic N) is 1. The summed E-state index contributed by atoms with van der Waals surface area (Å²) in [4.78, 5) is 28.2. The van der Waals surface area contributed by atoms with E-state index in [1.165, 1.54) is 30.5 Å². The number of carbonyl (C=O) groups excluding carboxylic acids is 1. The maximum absolute atomic E-state index is 13.0. The Morgan fingerprint density at radius 3 is 2.31 bits per heavy atom. The summed E-state index contributed by atoms with van der Waals surface area (Å²) in [6.45, 7) is 0. The third-order valence-corrected chi connectivity index (χ3v) is 6.46. The van der Waals surface area contributed by atoms with Gasteiger partial charge < -0.3 is 10.4 Å². The molecule has 0 spiro atoms. The summed E-state index contributed by atoms with van der Waals surface area (Å²) in [6.07, 6.45) is 7.50. The minimum Gasteiger partial charge on any atom is -0.478 e. The Morgan fingerprint density at radius 1 is 1.14 bits per heavy atom. The normalized spacial score (nSPS) is 15.8. The summed E-state index contributed by atoms with van der Waals surface area (Å²) in [5.41, 5.74) is 0.797. The van der Waals surface area contributed by atoms with Gasteiger partial charge >= 0.3 is 5.97 Å². The van der Waals surface area contributed by atoms with E-state index in [0.717, 1.165) is 37.5 Å². The number of hydrogen-bond donors (Lipinski definition) is 2. The Morgan fingerprint density at radius 2 is 1.79 bits per heavy atom. The van der Waals surface area contributed by atoms with Gasteiger partial charge in [0, 0.05) is 12.5 Å². The number of aromatic carboxylic acids is 1. The number of carboxylic acid groups (broad SMARTS) is 1. The third kappa shape index (κ3) is 5.41. The van der Waals surface area contributed by atoms with Crippen molar-refractivity contribution in [1.29, 1.82) is 0 Å². The van der Waals surface area contributed by atoms with Crippen molar-refractivity contribution in [2.75, 3.05) is 11.6 Å². The Hall–Kier alpha value is -2.74. The number of pyridine rings is 1. The van der Waals surface area contributed by atoms with Crippen LogP contribution in [0.4, 0.5) is 5.82 Å². The SMILES string of the molecule is CS(=O)(=O)c1ccc(C(CC2CCCC2)C(=O)Nc2ccc(C(=O)O)cn2)cc1. The maximum Gasteiger partial charge on any atom is 0.337 e. The molecule has 7 nitrogen and oxygen atoms in total. The van der Waals surface area contributed by atoms with Crippen LogP contribution in [0.3, 0.4) is 0 Å². The second-order valence-corrected chi connectivity index (χ2v) is 9.52. The number of carbonyl (C=O) groups is 2. The molecule has 2 aromatic rings. The minimum absolute atomic E-state index is 0.0434. The minimum atomic E-state index is -3.31. The molecule has 1 aromatic carbocycles. The van der Waals surface area contributed by atoms with Crippen LogP contribution in [0.5, 0.6) is 0 Å². The average molecular weight is 416 g/mol. The fraction of sp³-hybridized carbons (Fsp3) is 0.381. The quantitative estimate of drug-likeness (QED) is 0.714. The van der Waals surface area contributed by atoms with Gasteiger partial charge in [0.1, 0.15) is 5.82 Å². The number of nitrogens with one attached hydrogen (secondary N) is 1. The van der Waals surface area contributed by atoms with Crippen molar-refractivity contribution in [3.8, 4) is 0 Å². The van der Waals surface area contributed by atoms with Crippen LogP contribution in [0.2, 0.25) is 0 Å². The first-order valence-electron chi connectivity index (χ1n) is 9.54. The van der Waals surface area contributed by atoms with Crippen LogP contribution in [0.1, 0.15) is 53.9 Å². The third-order valence-electron chi connectivity index (χ3n) is 5.33. The van der Waals surface area contributed by atoms with Crippen LogP contribution in [0.15, 0.2) is 47.5 Å². The first-order valence-corrected chi connectivity index (χ1v) is 11.4. The van der Waals surface area contributed by atoms with Crippen molar-refractivity contribution in [2.24, 2.45) is 5.92 Å². The number of amides is 1. The van der Waals surface area contributed by atoms with E-state index in [0.29, 0.717) is 12.3 Å². The van der Waals surface area contributed by atoms with E-state index in [2.05, 4.69) is 10.3 Å². The summed E-state index contributed by atoms with van der Waals surface area (Å²) in [6, 6.07) is 9.28. The van der Waals surface area contributed by atoms with Gasteiger partial charge in [0.05, 0.1) is 16.4 Å². The summed E-state index contributed by atoms with van der Waals surface area (Å²) < 4.78 is 23.4. The summed E-state index contributed by atoms with van der Waals surface area (Å²) >= 11 is 0. The van der Waals surface area contributed by atoms with Crippen LogP contribution in [0, 0.1) is 5.92 Å². The van der Waals surface area contributed by atoms with E-state index in [4.69, 9.17) is 5.11 Å². The number of hydrogen-bond acceptors (Lipinski definition) is 5. The first kappa shape index (κ1) is 21.0.